The molecule has 8 nitrogen and oxygen atoms in total. The minimum absolute atomic E-state index is 0.171. The van der Waals surface area contributed by atoms with Gasteiger partial charge in [-0.3, -0.25) is 0 Å². The first-order valence-electron chi connectivity index (χ1n) is 11.3. The highest BCUT2D eigenvalue weighted by Gasteiger charge is 2.09. The molecule has 0 aliphatic rings. The zero-order valence-electron chi connectivity index (χ0n) is 20.1. The Balaban J connectivity index is 1.43. The van der Waals surface area contributed by atoms with Crippen molar-refractivity contribution in [1.29, 1.82) is 0 Å². The molecule has 190 valence electrons. The third-order valence-corrected chi connectivity index (χ3v) is 5.04. The van der Waals surface area contributed by atoms with Crippen molar-refractivity contribution in [2.75, 3.05) is 13.6 Å². The third kappa shape index (κ3) is 9.03. The Morgan fingerprint density at radius 1 is 0.595 bits per heavy atom. The predicted molar refractivity (Wildman–Crippen MR) is 135 cm³/mol. The summed E-state index contributed by atoms with van der Waals surface area (Å²) >= 11 is 0. The molecule has 0 saturated heterocycles. The molecule has 0 bridgehead atoms. The topological polar surface area (TPSA) is 97.4 Å². The van der Waals surface area contributed by atoms with Crippen molar-refractivity contribution in [3.05, 3.63) is 115 Å². The van der Waals surface area contributed by atoms with Crippen molar-refractivity contribution in [3.8, 4) is 17.2 Å². The Bertz CT molecular complexity index is 1210. The van der Waals surface area contributed by atoms with Gasteiger partial charge in [-0.1, -0.05) is 37.4 Å². The van der Waals surface area contributed by atoms with Crippen LogP contribution in [0.25, 0.3) is 0 Å². The normalized spacial score (nSPS) is 10.1. The van der Waals surface area contributed by atoms with Gasteiger partial charge in [0.05, 0.1) is 5.56 Å². The largest absolute Gasteiger partial charge is 0.457 e. The van der Waals surface area contributed by atoms with Gasteiger partial charge in [0.1, 0.15) is 17.2 Å². The van der Waals surface area contributed by atoms with E-state index in [1.165, 1.54) is 0 Å². The van der Waals surface area contributed by atoms with Gasteiger partial charge in [0, 0.05) is 12.2 Å². The first-order chi connectivity index (χ1) is 18.0. The van der Waals surface area contributed by atoms with Crippen LogP contribution in [0.5, 0.6) is 17.2 Å². The van der Waals surface area contributed by atoms with E-state index < -0.39 is 17.9 Å². The maximum atomic E-state index is 12.4. The molecule has 0 fully saturated rings. The Labute approximate surface area is 214 Å². The van der Waals surface area contributed by atoms with Crippen molar-refractivity contribution in [1.82, 2.24) is 0 Å². The maximum absolute atomic E-state index is 12.4. The van der Waals surface area contributed by atoms with Crippen LogP contribution >= 0.6 is 0 Å². The molecule has 0 amide bonds. The molecule has 0 atom stereocenters. The fourth-order valence-corrected chi connectivity index (χ4v) is 3.05. The molecular weight excluding hydrogens is 476 g/mol. The molecule has 0 spiro atoms. The number of carbonyl (C=O) groups excluding carboxylic acids is 3. The lowest BCUT2D eigenvalue weighted by Crippen LogP contribution is -2.09. The lowest BCUT2D eigenvalue weighted by Gasteiger charge is -2.09. The number of esters is 3. The third-order valence-electron chi connectivity index (χ3n) is 5.04. The molecular formula is C29H26O8. The van der Waals surface area contributed by atoms with Crippen LogP contribution in [0, 0.1) is 0 Å². The molecule has 0 saturated carbocycles. The summed E-state index contributed by atoms with van der Waals surface area (Å²) in [7, 11) is 0. The van der Waals surface area contributed by atoms with Crippen LogP contribution in [0.3, 0.4) is 0 Å². The highest BCUT2D eigenvalue weighted by molar-refractivity contribution is 5.91. The molecule has 8 heteroatoms. The van der Waals surface area contributed by atoms with E-state index in [1.54, 1.807) is 36.4 Å². The van der Waals surface area contributed by atoms with E-state index in [1.807, 2.05) is 36.4 Å². The van der Waals surface area contributed by atoms with Gasteiger partial charge in [0.2, 0.25) is 13.6 Å². The van der Waals surface area contributed by atoms with Crippen LogP contribution in [-0.4, -0.2) is 31.5 Å². The molecule has 3 aromatic rings. The van der Waals surface area contributed by atoms with E-state index in [0.717, 1.165) is 36.1 Å². The van der Waals surface area contributed by atoms with E-state index in [4.69, 9.17) is 23.7 Å². The van der Waals surface area contributed by atoms with E-state index in [-0.39, 0.29) is 13.6 Å². The molecule has 0 aromatic heterocycles. The number of hydrogen-bond donors (Lipinski definition) is 0. The molecule has 0 heterocycles. The highest BCUT2D eigenvalue weighted by atomic mass is 16.7. The summed E-state index contributed by atoms with van der Waals surface area (Å²) in [6, 6.07) is 21.1. The van der Waals surface area contributed by atoms with Crippen molar-refractivity contribution < 1.29 is 38.1 Å². The predicted octanol–water partition coefficient (Wildman–Crippen LogP) is 4.82. The average Bonchev–Trinajstić information content (AvgIpc) is 2.93. The number of benzene rings is 3. The molecule has 0 unspecified atom stereocenters. The standard InChI is InChI=1S/C29H26O8/c1-3-27(30)35-19-33-24-13-7-21(8-14-24)5-6-22-9-15-26(16-10-22)37-29(32)23-11-17-25(18-12-23)34-20-36-28(31)4-2/h3-4,7-18H,1-2,5-6,19-20H2. The lowest BCUT2D eigenvalue weighted by atomic mass is 10.0. The number of aryl methyl sites for hydroxylation is 2. The van der Waals surface area contributed by atoms with E-state index >= 15 is 0 Å². The van der Waals surface area contributed by atoms with Crippen molar-refractivity contribution in [2.45, 2.75) is 12.8 Å². The number of ether oxygens (including phenoxy) is 5. The quantitative estimate of drug-likeness (QED) is 0.142. The minimum atomic E-state index is -0.586. The smallest absolute Gasteiger partial charge is 0.343 e. The van der Waals surface area contributed by atoms with Crippen LogP contribution in [0.15, 0.2) is 98.1 Å². The summed E-state index contributed by atoms with van der Waals surface area (Å²) in [4.78, 5) is 34.4. The number of carbonyl (C=O) groups is 3. The molecule has 3 rings (SSSR count). The molecule has 0 aliphatic heterocycles. The zero-order valence-corrected chi connectivity index (χ0v) is 20.1. The van der Waals surface area contributed by atoms with Gasteiger partial charge in [-0.15, -0.1) is 0 Å². The Hall–Kier alpha value is -4.85. The van der Waals surface area contributed by atoms with Gasteiger partial charge in [-0.2, -0.15) is 0 Å². The second-order valence-corrected chi connectivity index (χ2v) is 7.56. The summed E-state index contributed by atoms with van der Waals surface area (Å²) in [6.45, 7) is 6.19. The molecule has 37 heavy (non-hydrogen) atoms. The molecule has 3 aromatic carbocycles. The zero-order chi connectivity index (χ0) is 26.5. The number of rotatable bonds is 13. The van der Waals surface area contributed by atoms with Crippen molar-refractivity contribution in [2.24, 2.45) is 0 Å². The summed E-state index contributed by atoms with van der Waals surface area (Å²) in [6.07, 6.45) is 3.73. The first-order valence-corrected chi connectivity index (χ1v) is 11.3. The lowest BCUT2D eigenvalue weighted by molar-refractivity contribution is -0.145. The average molecular weight is 503 g/mol. The summed E-state index contributed by atoms with van der Waals surface area (Å²) < 4.78 is 25.6. The summed E-state index contributed by atoms with van der Waals surface area (Å²) in [5.41, 5.74) is 2.57. The summed E-state index contributed by atoms with van der Waals surface area (Å²) in [5.74, 6) is -0.152. The van der Waals surface area contributed by atoms with Crippen LogP contribution in [-0.2, 0) is 31.9 Å². The molecule has 0 radical (unpaired) electrons. The van der Waals surface area contributed by atoms with Crippen LogP contribution in [0.2, 0.25) is 0 Å². The molecule has 0 aliphatic carbocycles. The minimum Gasteiger partial charge on any atom is -0.457 e. The SMILES string of the molecule is C=CC(=O)OCOc1ccc(CCc2ccc(OC(=O)c3ccc(OCOC(=O)C=C)cc3)cc2)cc1. The second kappa shape index (κ2) is 13.9. The monoisotopic (exact) mass is 502 g/mol. The first kappa shape index (κ1) is 26.7. The molecule has 0 N–H and O–H groups in total. The van der Waals surface area contributed by atoms with Gasteiger partial charge in [0.25, 0.3) is 0 Å². The Kier molecular flexibility index (Phi) is 10.0. The fourth-order valence-electron chi connectivity index (χ4n) is 3.05. The van der Waals surface area contributed by atoms with E-state index in [2.05, 4.69) is 13.2 Å². The van der Waals surface area contributed by atoms with Crippen LogP contribution in [0.4, 0.5) is 0 Å². The van der Waals surface area contributed by atoms with Gasteiger partial charge in [-0.05, 0) is 72.5 Å². The summed E-state index contributed by atoms with van der Waals surface area (Å²) in [5, 5.41) is 0. The van der Waals surface area contributed by atoms with Gasteiger partial charge in [-0.25, -0.2) is 14.4 Å². The van der Waals surface area contributed by atoms with E-state index in [9.17, 15) is 14.4 Å². The Morgan fingerprint density at radius 3 is 1.43 bits per heavy atom. The maximum Gasteiger partial charge on any atom is 0.343 e. The second-order valence-electron chi connectivity index (χ2n) is 7.56. The van der Waals surface area contributed by atoms with Gasteiger partial charge >= 0.3 is 17.9 Å². The van der Waals surface area contributed by atoms with Crippen LogP contribution in [0.1, 0.15) is 21.5 Å². The van der Waals surface area contributed by atoms with Gasteiger partial charge < -0.3 is 23.7 Å². The van der Waals surface area contributed by atoms with E-state index in [0.29, 0.717) is 22.8 Å². The van der Waals surface area contributed by atoms with Crippen LogP contribution < -0.4 is 14.2 Å². The fraction of sp³-hybridized carbons (Fsp3) is 0.138. The highest BCUT2D eigenvalue weighted by Crippen LogP contribution is 2.19. The van der Waals surface area contributed by atoms with Gasteiger partial charge in [0.15, 0.2) is 0 Å². The van der Waals surface area contributed by atoms with Crippen molar-refractivity contribution >= 4 is 17.9 Å². The Morgan fingerprint density at radius 2 is 1.00 bits per heavy atom. The van der Waals surface area contributed by atoms with Crippen molar-refractivity contribution in [3.63, 3.8) is 0 Å². The number of hydrogen-bond acceptors (Lipinski definition) is 8.